The molecule has 0 saturated heterocycles. The Morgan fingerprint density at radius 1 is 1.12 bits per heavy atom. The number of nitrogens with zero attached hydrogens (tertiary/aromatic N) is 6. The van der Waals surface area contributed by atoms with Crippen molar-refractivity contribution in [1.29, 1.82) is 0 Å². The minimum atomic E-state index is -0.327. The van der Waals surface area contributed by atoms with Crippen LogP contribution in [0.1, 0.15) is 5.56 Å². The molecule has 2 heterocycles. The summed E-state index contributed by atoms with van der Waals surface area (Å²) in [5.41, 5.74) is 3.53. The standard InChI is InChI=1S/C28H33ClN8O3/c1-8-25(38)31-20-14-21(24(39-6)15-23(20)36(5)12-11-35(3)4)32-28-30-16-17(2)26(33-28)37-22-10-9-18(29)13-19(22)27(34-37)40-7/h8-10,13-16H,1,11-12H2,2-7H3,(H,31,38)(H,30,32,33). The van der Waals surface area contributed by atoms with Crippen LogP contribution in [0, 0.1) is 6.92 Å². The molecule has 11 nitrogen and oxygen atoms in total. The van der Waals surface area contributed by atoms with E-state index in [-0.39, 0.29) is 5.91 Å². The van der Waals surface area contributed by atoms with Crippen molar-refractivity contribution in [3.8, 4) is 17.4 Å². The SMILES string of the molecule is C=CC(=O)Nc1cc(Nc2ncc(C)c(-n3nc(OC)c4cc(Cl)ccc43)n2)c(OC)cc1N(C)CCN(C)C. The Morgan fingerprint density at radius 2 is 1.90 bits per heavy atom. The van der Waals surface area contributed by atoms with Crippen molar-refractivity contribution in [2.45, 2.75) is 6.92 Å². The van der Waals surface area contributed by atoms with Crippen LogP contribution in [0.3, 0.4) is 0 Å². The predicted octanol–water partition coefficient (Wildman–Crippen LogP) is 4.66. The molecule has 0 atom stereocenters. The molecule has 0 aliphatic rings. The van der Waals surface area contributed by atoms with Crippen LogP contribution in [0.5, 0.6) is 11.6 Å². The average Bonchev–Trinajstić information content (AvgIpc) is 3.30. The maximum absolute atomic E-state index is 12.3. The zero-order valence-corrected chi connectivity index (χ0v) is 24.2. The van der Waals surface area contributed by atoms with Crippen LogP contribution < -0.4 is 25.0 Å². The van der Waals surface area contributed by atoms with E-state index in [1.165, 1.54) is 6.08 Å². The van der Waals surface area contributed by atoms with Gasteiger partial charge in [-0.15, -0.1) is 5.10 Å². The number of hydrogen-bond acceptors (Lipinski definition) is 9. The van der Waals surface area contributed by atoms with E-state index in [0.717, 1.165) is 35.2 Å². The van der Waals surface area contributed by atoms with Gasteiger partial charge >= 0.3 is 0 Å². The van der Waals surface area contributed by atoms with Gasteiger partial charge in [0, 0.05) is 43.0 Å². The largest absolute Gasteiger partial charge is 0.494 e. The molecule has 0 bridgehead atoms. The molecule has 12 heteroatoms. The number of carbonyl (C=O) groups is 1. The van der Waals surface area contributed by atoms with Crippen molar-refractivity contribution in [3.63, 3.8) is 0 Å². The number of aryl methyl sites for hydroxylation is 1. The fourth-order valence-corrected chi connectivity index (χ4v) is 4.28. The van der Waals surface area contributed by atoms with Crippen molar-refractivity contribution in [2.24, 2.45) is 0 Å². The third-order valence-electron chi connectivity index (χ3n) is 6.25. The Kier molecular flexibility index (Phi) is 8.76. The highest BCUT2D eigenvalue weighted by Crippen LogP contribution is 2.38. The summed E-state index contributed by atoms with van der Waals surface area (Å²) in [5, 5.41) is 12.1. The monoisotopic (exact) mass is 564 g/mol. The summed E-state index contributed by atoms with van der Waals surface area (Å²) in [4.78, 5) is 25.7. The van der Waals surface area contributed by atoms with Gasteiger partial charge in [-0.3, -0.25) is 4.79 Å². The van der Waals surface area contributed by atoms with Gasteiger partial charge in [-0.05, 0) is 51.4 Å². The fourth-order valence-electron chi connectivity index (χ4n) is 4.11. The Balaban J connectivity index is 1.76. The van der Waals surface area contributed by atoms with E-state index in [2.05, 4.69) is 32.2 Å². The van der Waals surface area contributed by atoms with Crippen LogP contribution in [-0.2, 0) is 4.79 Å². The second kappa shape index (κ2) is 12.2. The van der Waals surface area contributed by atoms with Crippen LogP contribution in [0.15, 0.2) is 49.2 Å². The molecule has 0 aliphatic carbocycles. The number of ether oxygens (including phenoxy) is 2. The van der Waals surface area contributed by atoms with E-state index in [4.69, 9.17) is 26.1 Å². The second-order valence-corrected chi connectivity index (χ2v) is 9.83. The molecule has 4 rings (SSSR count). The number of halogens is 1. The van der Waals surface area contributed by atoms with Crippen molar-refractivity contribution in [2.75, 3.05) is 64.0 Å². The van der Waals surface area contributed by atoms with E-state index in [1.807, 2.05) is 45.1 Å². The van der Waals surface area contributed by atoms with E-state index in [0.29, 0.717) is 39.8 Å². The van der Waals surface area contributed by atoms with Crippen molar-refractivity contribution < 1.29 is 14.3 Å². The highest BCUT2D eigenvalue weighted by atomic mass is 35.5. The molecule has 0 spiro atoms. The van der Waals surface area contributed by atoms with Crippen LogP contribution in [-0.4, -0.2) is 79.0 Å². The first-order valence-electron chi connectivity index (χ1n) is 12.5. The summed E-state index contributed by atoms with van der Waals surface area (Å²) in [5.74, 6) is 1.53. The molecular weight excluding hydrogens is 532 g/mol. The van der Waals surface area contributed by atoms with E-state index in [1.54, 1.807) is 43.3 Å². The molecule has 210 valence electrons. The highest BCUT2D eigenvalue weighted by Gasteiger charge is 2.19. The Bertz CT molecular complexity index is 1550. The van der Waals surface area contributed by atoms with Gasteiger partial charge < -0.3 is 29.9 Å². The first kappa shape index (κ1) is 28.7. The normalized spacial score (nSPS) is 11.0. The van der Waals surface area contributed by atoms with Crippen LogP contribution in [0.4, 0.5) is 23.0 Å². The van der Waals surface area contributed by atoms with Gasteiger partial charge in [0.1, 0.15) is 5.75 Å². The molecule has 40 heavy (non-hydrogen) atoms. The molecule has 0 fully saturated rings. The lowest BCUT2D eigenvalue weighted by molar-refractivity contribution is -0.111. The van der Waals surface area contributed by atoms with Crippen LogP contribution in [0.25, 0.3) is 16.7 Å². The van der Waals surface area contributed by atoms with Gasteiger partial charge in [0.2, 0.25) is 17.7 Å². The summed E-state index contributed by atoms with van der Waals surface area (Å²) < 4.78 is 12.9. The van der Waals surface area contributed by atoms with Crippen molar-refractivity contribution in [3.05, 3.63) is 59.8 Å². The summed E-state index contributed by atoms with van der Waals surface area (Å²) >= 11 is 6.22. The van der Waals surface area contributed by atoms with E-state index < -0.39 is 0 Å². The first-order valence-corrected chi connectivity index (χ1v) is 12.9. The first-order chi connectivity index (χ1) is 19.1. The zero-order chi connectivity index (χ0) is 29.0. The Labute approximate surface area is 238 Å². The predicted molar refractivity (Wildman–Crippen MR) is 160 cm³/mol. The minimum absolute atomic E-state index is 0.310. The van der Waals surface area contributed by atoms with Gasteiger partial charge in [0.05, 0.1) is 42.2 Å². The topological polar surface area (TPSA) is 110 Å². The second-order valence-electron chi connectivity index (χ2n) is 9.40. The summed E-state index contributed by atoms with van der Waals surface area (Å²) in [6.07, 6.45) is 2.93. The number of methoxy groups -OCH3 is 2. The van der Waals surface area contributed by atoms with Crippen molar-refractivity contribution >= 4 is 51.4 Å². The summed E-state index contributed by atoms with van der Waals surface area (Å²) in [6, 6.07) is 9.11. The number of amides is 1. The number of fused-ring (bicyclic) bond motifs is 1. The van der Waals surface area contributed by atoms with Gasteiger partial charge in [0.25, 0.3) is 0 Å². The Hall–Kier alpha value is -4.35. The Morgan fingerprint density at radius 3 is 2.58 bits per heavy atom. The molecule has 0 saturated carbocycles. The third kappa shape index (κ3) is 6.11. The van der Waals surface area contributed by atoms with Gasteiger partial charge in [-0.1, -0.05) is 18.2 Å². The smallest absolute Gasteiger partial charge is 0.247 e. The maximum atomic E-state index is 12.3. The molecule has 2 N–H and O–H groups in total. The van der Waals surface area contributed by atoms with Crippen LogP contribution in [0.2, 0.25) is 5.02 Å². The lowest BCUT2D eigenvalue weighted by atomic mass is 10.2. The number of rotatable bonds is 11. The zero-order valence-electron chi connectivity index (χ0n) is 23.4. The minimum Gasteiger partial charge on any atom is -0.494 e. The molecule has 0 radical (unpaired) electrons. The number of hydrogen-bond donors (Lipinski definition) is 2. The van der Waals surface area contributed by atoms with Crippen LogP contribution >= 0.6 is 11.6 Å². The number of benzene rings is 2. The number of likely N-dealkylation sites (N-methyl/N-ethyl adjacent to an activating group) is 2. The van der Waals surface area contributed by atoms with Gasteiger partial charge in [-0.25, -0.2) is 9.67 Å². The number of carbonyl (C=O) groups excluding carboxylic acids is 1. The van der Waals surface area contributed by atoms with E-state index >= 15 is 0 Å². The number of aromatic nitrogens is 4. The van der Waals surface area contributed by atoms with Crippen molar-refractivity contribution in [1.82, 2.24) is 24.6 Å². The lowest BCUT2D eigenvalue weighted by Crippen LogP contribution is -2.29. The highest BCUT2D eigenvalue weighted by molar-refractivity contribution is 6.31. The summed E-state index contributed by atoms with van der Waals surface area (Å²) in [7, 11) is 9.12. The lowest BCUT2D eigenvalue weighted by Gasteiger charge is -2.26. The maximum Gasteiger partial charge on any atom is 0.247 e. The summed E-state index contributed by atoms with van der Waals surface area (Å²) in [6.45, 7) is 7.04. The van der Waals surface area contributed by atoms with E-state index in [9.17, 15) is 4.79 Å². The molecule has 0 aliphatic heterocycles. The molecule has 1 amide bonds. The molecule has 4 aromatic rings. The van der Waals surface area contributed by atoms with Gasteiger partial charge in [0.15, 0.2) is 5.82 Å². The average molecular weight is 565 g/mol. The molecular formula is C28H33ClN8O3. The fraction of sp³-hybridized carbons (Fsp3) is 0.286. The number of anilines is 4. The molecule has 0 unspecified atom stereocenters. The quantitative estimate of drug-likeness (QED) is 0.251. The third-order valence-corrected chi connectivity index (χ3v) is 6.48. The van der Waals surface area contributed by atoms with Gasteiger partial charge in [-0.2, -0.15) is 4.98 Å². The molecule has 2 aromatic heterocycles. The number of nitrogens with one attached hydrogen (secondary N) is 2. The molecule has 2 aromatic carbocycles.